The van der Waals surface area contributed by atoms with E-state index in [4.69, 9.17) is 5.11 Å². The number of amides is 1. The molecule has 0 fully saturated rings. The third-order valence-corrected chi connectivity index (χ3v) is 2.96. The molecule has 0 radical (unpaired) electrons. The van der Waals surface area contributed by atoms with E-state index in [0.29, 0.717) is 5.92 Å². The Bertz CT molecular complexity index is 454. The fraction of sp³-hybridized carbons (Fsp3) is 0.467. The summed E-state index contributed by atoms with van der Waals surface area (Å²) in [6.45, 7) is 5.73. The summed E-state index contributed by atoms with van der Waals surface area (Å²) in [7, 11) is 0. The molecule has 0 aliphatic carbocycles. The molecule has 104 valence electrons. The van der Waals surface area contributed by atoms with Crippen LogP contribution in [-0.2, 0) is 16.0 Å². The van der Waals surface area contributed by atoms with Gasteiger partial charge in [0, 0.05) is 0 Å². The Hall–Kier alpha value is -1.84. The second kappa shape index (κ2) is 6.92. The number of nitrogens with one attached hydrogen (secondary N) is 1. The van der Waals surface area contributed by atoms with Crippen LogP contribution in [0.5, 0.6) is 0 Å². The standard InChI is InChI=1S/C15H21NO3/c1-10(2)8-12-6-4-5-7-13(12)11(3)15(19)16-9-14(17)18/h4-7,10-11H,8-9H2,1-3H3,(H,16,19)(H,17,18)/t11-/m1/s1. The monoisotopic (exact) mass is 263 g/mol. The molecule has 0 saturated carbocycles. The molecule has 4 heteroatoms. The first-order valence-electron chi connectivity index (χ1n) is 6.49. The number of carbonyl (C=O) groups is 2. The lowest BCUT2D eigenvalue weighted by Gasteiger charge is -2.17. The molecule has 1 rings (SSSR count). The number of carbonyl (C=O) groups excluding carboxylic acids is 1. The van der Waals surface area contributed by atoms with Crippen molar-refractivity contribution >= 4 is 11.9 Å². The summed E-state index contributed by atoms with van der Waals surface area (Å²) in [5, 5.41) is 11.0. The molecule has 2 N–H and O–H groups in total. The van der Waals surface area contributed by atoms with Crippen LogP contribution in [0.25, 0.3) is 0 Å². The van der Waals surface area contributed by atoms with Crippen LogP contribution in [0.15, 0.2) is 24.3 Å². The number of rotatable bonds is 6. The van der Waals surface area contributed by atoms with Crippen LogP contribution in [0, 0.1) is 5.92 Å². The Morgan fingerprint density at radius 1 is 1.21 bits per heavy atom. The van der Waals surface area contributed by atoms with Gasteiger partial charge < -0.3 is 10.4 Å². The summed E-state index contributed by atoms with van der Waals surface area (Å²) in [6, 6.07) is 7.82. The average molecular weight is 263 g/mol. The van der Waals surface area contributed by atoms with Gasteiger partial charge in [0.2, 0.25) is 5.91 Å². The summed E-state index contributed by atoms with van der Waals surface area (Å²) >= 11 is 0. The highest BCUT2D eigenvalue weighted by molar-refractivity contribution is 5.86. The largest absolute Gasteiger partial charge is 0.480 e. The van der Waals surface area contributed by atoms with Crippen LogP contribution in [0.1, 0.15) is 37.8 Å². The van der Waals surface area contributed by atoms with Crippen LogP contribution in [-0.4, -0.2) is 23.5 Å². The molecule has 4 nitrogen and oxygen atoms in total. The maximum atomic E-state index is 11.9. The first kappa shape index (κ1) is 15.2. The smallest absolute Gasteiger partial charge is 0.322 e. The van der Waals surface area contributed by atoms with Crippen LogP contribution >= 0.6 is 0 Å². The minimum absolute atomic E-state index is 0.251. The van der Waals surface area contributed by atoms with Crippen molar-refractivity contribution in [3.05, 3.63) is 35.4 Å². The molecule has 0 spiro atoms. The van der Waals surface area contributed by atoms with Gasteiger partial charge in [0.25, 0.3) is 0 Å². The van der Waals surface area contributed by atoms with Gasteiger partial charge in [0.15, 0.2) is 0 Å². The zero-order valence-electron chi connectivity index (χ0n) is 11.6. The fourth-order valence-electron chi connectivity index (χ4n) is 2.04. The van der Waals surface area contributed by atoms with E-state index in [-0.39, 0.29) is 18.4 Å². The molecule has 0 saturated heterocycles. The molecule has 19 heavy (non-hydrogen) atoms. The second-order valence-corrected chi connectivity index (χ2v) is 5.13. The summed E-state index contributed by atoms with van der Waals surface area (Å²) in [5.41, 5.74) is 2.12. The molecule has 1 atom stereocenters. The first-order valence-corrected chi connectivity index (χ1v) is 6.49. The topological polar surface area (TPSA) is 66.4 Å². The quantitative estimate of drug-likeness (QED) is 0.826. The Morgan fingerprint density at radius 2 is 1.84 bits per heavy atom. The van der Waals surface area contributed by atoms with E-state index in [1.165, 1.54) is 0 Å². The Morgan fingerprint density at radius 3 is 2.42 bits per heavy atom. The van der Waals surface area contributed by atoms with Gasteiger partial charge in [-0.2, -0.15) is 0 Å². The molecular weight excluding hydrogens is 242 g/mol. The zero-order valence-corrected chi connectivity index (χ0v) is 11.6. The van der Waals surface area contributed by atoms with Gasteiger partial charge in [-0.05, 0) is 30.4 Å². The maximum absolute atomic E-state index is 11.9. The highest BCUT2D eigenvalue weighted by Gasteiger charge is 2.18. The van der Waals surface area contributed by atoms with E-state index in [9.17, 15) is 9.59 Å². The van der Waals surface area contributed by atoms with E-state index < -0.39 is 5.97 Å². The van der Waals surface area contributed by atoms with Crippen molar-refractivity contribution in [1.29, 1.82) is 0 Å². The Kier molecular flexibility index (Phi) is 5.55. The van der Waals surface area contributed by atoms with E-state index in [0.717, 1.165) is 17.5 Å². The van der Waals surface area contributed by atoms with Crippen molar-refractivity contribution in [1.82, 2.24) is 5.32 Å². The maximum Gasteiger partial charge on any atom is 0.322 e. The minimum atomic E-state index is -1.03. The molecule has 1 aromatic rings. The van der Waals surface area contributed by atoms with Crippen LogP contribution < -0.4 is 5.32 Å². The predicted molar refractivity (Wildman–Crippen MR) is 74.0 cm³/mol. The van der Waals surface area contributed by atoms with Crippen molar-refractivity contribution in [2.75, 3.05) is 6.54 Å². The van der Waals surface area contributed by atoms with Gasteiger partial charge in [-0.15, -0.1) is 0 Å². The lowest BCUT2D eigenvalue weighted by atomic mass is 9.90. The molecule has 1 aromatic carbocycles. The molecule has 0 aliphatic heterocycles. The predicted octanol–water partition coefficient (Wildman–Crippen LogP) is 2.19. The molecule has 1 amide bonds. The molecule has 0 heterocycles. The van der Waals surface area contributed by atoms with Gasteiger partial charge in [-0.25, -0.2) is 0 Å². The number of carboxylic acid groups (broad SMARTS) is 1. The third kappa shape index (κ3) is 4.73. The van der Waals surface area contributed by atoms with Crippen LogP contribution in [0.3, 0.4) is 0 Å². The number of aliphatic carboxylic acids is 1. The van der Waals surface area contributed by atoms with Gasteiger partial charge in [0.1, 0.15) is 6.54 Å². The number of hydrogen-bond acceptors (Lipinski definition) is 2. The number of hydrogen-bond donors (Lipinski definition) is 2. The highest BCUT2D eigenvalue weighted by Crippen LogP contribution is 2.22. The lowest BCUT2D eigenvalue weighted by molar-refractivity contribution is -0.138. The van der Waals surface area contributed by atoms with Crippen molar-refractivity contribution in [3.63, 3.8) is 0 Å². The van der Waals surface area contributed by atoms with Crippen LogP contribution in [0.4, 0.5) is 0 Å². The Labute approximate surface area is 113 Å². The van der Waals surface area contributed by atoms with Crippen molar-refractivity contribution < 1.29 is 14.7 Å². The molecule has 0 aliphatic rings. The highest BCUT2D eigenvalue weighted by atomic mass is 16.4. The SMILES string of the molecule is CC(C)Cc1ccccc1[C@@H](C)C(=O)NCC(=O)O. The number of carboxylic acids is 1. The third-order valence-electron chi connectivity index (χ3n) is 2.96. The molecule has 0 aromatic heterocycles. The lowest BCUT2D eigenvalue weighted by Crippen LogP contribution is -2.32. The minimum Gasteiger partial charge on any atom is -0.480 e. The second-order valence-electron chi connectivity index (χ2n) is 5.13. The zero-order chi connectivity index (χ0) is 14.4. The van der Waals surface area contributed by atoms with E-state index in [1.807, 2.05) is 24.3 Å². The van der Waals surface area contributed by atoms with Gasteiger partial charge in [-0.1, -0.05) is 38.1 Å². The van der Waals surface area contributed by atoms with Gasteiger partial charge >= 0.3 is 5.97 Å². The summed E-state index contributed by atoms with van der Waals surface area (Å²) in [4.78, 5) is 22.4. The average Bonchev–Trinajstić information content (AvgIpc) is 2.35. The van der Waals surface area contributed by atoms with E-state index in [1.54, 1.807) is 6.92 Å². The summed E-state index contributed by atoms with van der Waals surface area (Å²) in [6.07, 6.45) is 0.909. The summed E-state index contributed by atoms with van der Waals surface area (Å²) in [5.74, 6) is -1.11. The van der Waals surface area contributed by atoms with Gasteiger partial charge in [-0.3, -0.25) is 9.59 Å². The van der Waals surface area contributed by atoms with Crippen molar-refractivity contribution in [2.24, 2.45) is 5.92 Å². The fourth-order valence-corrected chi connectivity index (χ4v) is 2.04. The number of benzene rings is 1. The van der Waals surface area contributed by atoms with E-state index in [2.05, 4.69) is 19.2 Å². The first-order chi connectivity index (χ1) is 8.91. The molecular formula is C15H21NO3. The van der Waals surface area contributed by atoms with E-state index >= 15 is 0 Å². The van der Waals surface area contributed by atoms with Crippen molar-refractivity contribution in [2.45, 2.75) is 33.1 Å². The molecule has 0 bridgehead atoms. The Balaban J connectivity index is 2.83. The molecule has 0 unspecified atom stereocenters. The normalized spacial score (nSPS) is 12.2. The summed E-state index contributed by atoms with van der Waals surface area (Å²) < 4.78 is 0. The van der Waals surface area contributed by atoms with Crippen molar-refractivity contribution in [3.8, 4) is 0 Å². The van der Waals surface area contributed by atoms with Crippen LogP contribution in [0.2, 0.25) is 0 Å². The van der Waals surface area contributed by atoms with Gasteiger partial charge in [0.05, 0.1) is 5.92 Å².